The minimum absolute atomic E-state index is 0.444. The third-order valence-electron chi connectivity index (χ3n) is 16.1. The van der Waals surface area contributed by atoms with E-state index in [1.807, 2.05) is 0 Å². The molecule has 0 saturated carbocycles. The number of aromatic nitrogens is 1. The summed E-state index contributed by atoms with van der Waals surface area (Å²) in [7, 11) is -0.932. The molecular weight excluding hydrogens is 920 g/mol. The highest BCUT2D eigenvalue weighted by Crippen LogP contribution is 2.44. The van der Waals surface area contributed by atoms with Crippen LogP contribution in [0.3, 0.4) is 0 Å². The summed E-state index contributed by atoms with van der Waals surface area (Å²) in [5.41, 5.74) is 14.3. The van der Waals surface area contributed by atoms with E-state index in [1.165, 1.54) is 11.1 Å². The van der Waals surface area contributed by atoms with Crippen LogP contribution in [0.25, 0.3) is 49.7 Å². The summed E-state index contributed by atoms with van der Waals surface area (Å²) < 4.78 is 28.4. The van der Waals surface area contributed by atoms with Crippen LogP contribution in [0.1, 0.15) is 55.4 Å². The summed E-state index contributed by atoms with van der Waals surface area (Å²) in [5, 5.41) is 2.26. The van der Waals surface area contributed by atoms with Gasteiger partial charge in [0, 0.05) is 50.6 Å². The van der Waals surface area contributed by atoms with Crippen LogP contribution in [0.2, 0.25) is 0 Å². The molecule has 0 radical (unpaired) electrons. The zero-order valence-electron chi connectivity index (χ0n) is 44.0. The first-order valence-electron chi connectivity index (χ1n) is 26.1. The SMILES string of the molecule is CC1(C)OB(c2ccc(N(c3ccc(-c4ccccc4)cc3)c3ccc4c(c3)c3cc(N(c5ccc(B6OC(C)(C)C(C)(C)O6)cc5)c5ccc(-c6ccccc6)cc5)ccc3n4-c3ccccc3)cc2)OC1(C)C. The van der Waals surface area contributed by atoms with Gasteiger partial charge in [0.1, 0.15) is 0 Å². The molecule has 1 aromatic heterocycles. The van der Waals surface area contributed by atoms with Gasteiger partial charge in [0.05, 0.1) is 33.4 Å². The third kappa shape index (κ3) is 8.83. The Bertz CT molecular complexity index is 3400. The minimum atomic E-state index is -0.466. The zero-order valence-corrected chi connectivity index (χ0v) is 44.0. The second-order valence-electron chi connectivity index (χ2n) is 21.9. The highest BCUT2D eigenvalue weighted by Gasteiger charge is 2.52. The van der Waals surface area contributed by atoms with Gasteiger partial charge in [-0.3, -0.25) is 0 Å². The molecule has 3 heterocycles. The fourth-order valence-electron chi connectivity index (χ4n) is 10.4. The van der Waals surface area contributed by atoms with Crippen molar-refractivity contribution in [1.82, 2.24) is 4.57 Å². The summed E-state index contributed by atoms with van der Waals surface area (Å²) in [4.78, 5) is 4.69. The average molecular weight is 982 g/mol. The summed E-state index contributed by atoms with van der Waals surface area (Å²) in [6.07, 6.45) is 0. The number of anilines is 6. The molecule has 10 aromatic rings. The van der Waals surface area contributed by atoms with E-state index in [4.69, 9.17) is 18.6 Å². The first-order valence-corrected chi connectivity index (χ1v) is 26.1. The van der Waals surface area contributed by atoms with E-state index in [-0.39, 0.29) is 0 Å². The summed E-state index contributed by atoms with van der Waals surface area (Å²) in [5.74, 6) is 0. The first kappa shape index (κ1) is 48.3. The Hall–Kier alpha value is -7.65. The molecular formula is C66H61B2N3O4. The fourth-order valence-corrected chi connectivity index (χ4v) is 10.4. The van der Waals surface area contributed by atoms with Crippen LogP contribution in [0.15, 0.2) is 224 Å². The molecule has 75 heavy (non-hydrogen) atoms. The van der Waals surface area contributed by atoms with Crippen molar-refractivity contribution in [3.05, 3.63) is 224 Å². The molecule has 12 rings (SSSR count). The van der Waals surface area contributed by atoms with Gasteiger partial charge in [0.2, 0.25) is 0 Å². The molecule has 0 amide bonds. The van der Waals surface area contributed by atoms with Crippen molar-refractivity contribution in [2.75, 3.05) is 9.80 Å². The van der Waals surface area contributed by atoms with Crippen molar-refractivity contribution in [3.8, 4) is 27.9 Å². The van der Waals surface area contributed by atoms with Gasteiger partial charge >= 0.3 is 14.2 Å². The Morgan fingerprint density at radius 2 is 0.587 bits per heavy atom. The molecule has 0 bridgehead atoms. The number of rotatable bonds is 11. The van der Waals surface area contributed by atoms with Gasteiger partial charge < -0.3 is 33.0 Å². The largest absolute Gasteiger partial charge is 0.494 e. The topological polar surface area (TPSA) is 48.3 Å². The van der Waals surface area contributed by atoms with Gasteiger partial charge in [-0.25, -0.2) is 0 Å². The van der Waals surface area contributed by atoms with E-state index in [1.54, 1.807) is 0 Å². The molecule has 2 aliphatic heterocycles. The Morgan fingerprint density at radius 3 is 0.920 bits per heavy atom. The summed E-state index contributed by atoms with van der Waals surface area (Å²) in [6.45, 7) is 16.8. The second-order valence-corrected chi connectivity index (χ2v) is 21.9. The quantitative estimate of drug-likeness (QED) is 0.120. The summed E-state index contributed by atoms with van der Waals surface area (Å²) >= 11 is 0. The fraction of sp³-hybridized carbons (Fsp3) is 0.182. The number of para-hydroxylation sites is 1. The van der Waals surface area contributed by atoms with E-state index in [0.29, 0.717) is 0 Å². The normalized spacial score (nSPS) is 16.4. The molecule has 0 aliphatic carbocycles. The van der Waals surface area contributed by atoms with Crippen LogP contribution in [0.5, 0.6) is 0 Å². The number of hydrogen-bond donors (Lipinski definition) is 0. The molecule has 370 valence electrons. The standard InChI is InChI=1S/C66H61B2N3O4/c1-63(2)64(3,4)73-67(72-63)50-28-36-55(37-29-50)69(53-32-24-48(25-33-53)46-18-12-9-13-19-46)57-40-42-61-59(44-57)60-45-58(41-43-62(60)71(61)52-22-16-11-17-23-52)70(54-34-26-49(27-35-54)47-20-14-10-15-21-47)56-38-30-51(31-39-56)68-74-65(5,6)66(7,8)75-68/h9-45H,1-8H3. The Labute approximate surface area is 442 Å². The van der Waals surface area contributed by atoms with Crippen LogP contribution in [0, 0.1) is 0 Å². The maximum absolute atomic E-state index is 6.50. The lowest BCUT2D eigenvalue weighted by Gasteiger charge is -2.32. The lowest BCUT2D eigenvalue weighted by Crippen LogP contribution is -2.41. The Balaban J connectivity index is 1.00. The average Bonchev–Trinajstić information content (AvgIpc) is 3.96. The molecule has 2 fully saturated rings. The van der Waals surface area contributed by atoms with E-state index < -0.39 is 36.6 Å². The molecule has 2 saturated heterocycles. The molecule has 0 spiro atoms. The van der Waals surface area contributed by atoms with Gasteiger partial charge in [0.25, 0.3) is 0 Å². The number of hydrogen-bond acceptors (Lipinski definition) is 6. The first-order chi connectivity index (χ1) is 36.1. The molecule has 0 atom stereocenters. The highest BCUT2D eigenvalue weighted by molar-refractivity contribution is 6.62. The van der Waals surface area contributed by atoms with Crippen molar-refractivity contribution in [2.45, 2.75) is 77.8 Å². The van der Waals surface area contributed by atoms with Crippen LogP contribution < -0.4 is 20.7 Å². The van der Waals surface area contributed by atoms with Crippen LogP contribution >= 0.6 is 0 Å². The monoisotopic (exact) mass is 981 g/mol. The smallest absolute Gasteiger partial charge is 0.399 e. The molecule has 0 N–H and O–H groups in total. The van der Waals surface area contributed by atoms with Crippen molar-refractivity contribution >= 4 is 81.1 Å². The Morgan fingerprint density at radius 1 is 0.307 bits per heavy atom. The van der Waals surface area contributed by atoms with E-state index in [0.717, 1.165) is 83.7 Å². The lowest BCUT2D eigenvalue weighted by molar-refractivity contribution is 0.00578. The van der Waals surface area contributed by atoms with Crippen LogP contribution in [0.4, 0.5) is 34.1 Å². The van der Waals surface area contributed by atoms with Crippen molar-refractivity contribution in [2.24, 2.45) is 0 Å². The van der Waals surface area contributed by atoms with Crippen LogP contribution in [-0.2, 0) is 18.6 Å². The van der Waals surface area contributed by atoms with Gasteiger partial charge in [-0.05, 0) is 186 Å². The van der Waals surface area contributed by atoms with Gasteiger partial charge in [0.15, 0.2) is 0 Å². The maximum atomic E-state index is 6.50. The van der Waals surface area contributed by atoms with Crippen molar-refractivity contribution in [3.63, 3.8) is 0 Å². The van der Waals surface area contributed by atoms with E-state index >= 15 is 0 Å². The number of nitrogens with zero attached hydrogens (tertiary/aromatic N) is 3. The molecule has 9 heteroatoms. The van der Waals surface area contributed by atoms with Crippen molar-refractivity contribution < 1.29 is 18.6 Å². The zero-order chi connectivity index (χ0) is 51.7. The maximum Gasteiger partial charge on any atom is 0.494 e. The lowest BCUT2D eigenvalue weighted by atomic mass is 9.79. The van der Waals surface area contributed by atoms with Gasteiger partial charge in [-0.1, -0.05) is 127 Å². The van der Waals surface area contributed by atoms with Crippen LogP contribution in [-0.4, -0.2) is 41.2 Å². The second kappa shape index (κ2) is 18.6. The number of fused-ring (bicyclic) bond motifs is 3. The molecule has 9 aromatic carbocycles. The highest BCUT2D eigenvalue weighted by atomic mass is 16.7. The van der Waals surface area contributed by atoms with Gasteiger partial charge in [-0.2, -0.15) is 0 Å². The molecule has 2 aliphatic rings. The number of benzene rings is 9. The van der Waals surface area contributed by atoms with Gasteiger partial charge in [-0.15, -0.1) is 0 Å². The van der Waals surface area contributed by atoms with Crippen molar-refractivity contribution in [1.29, 1.82) is 0 Å². The predicted octanol–water partition coefficient (Wildman–Crippen LogP) is 15.7. The third-order valence-corrected chi connectivity index (χ3v) is 16.1. The predicted molar refractivity (Wildman–Crippen MR) is 312 cm³/mol. The Kier molecular flexibility index (Phi) is 12.0. The summed E-state index contributed by atoms with van der Waals surface area (Å²) in [6, 6.07) is 80.5. The van der Waals surface area contributed by atoms with E-state index in [9.17, 15) is 0 Å². The molecule has 7 nitrogen and oxygen atoms in total. The molecule has 0 unspecified atom stereocenters. The van der Waals surface area contributed by atoms with E-state index in [2.05, 4.69) is 294 Å². The minimum Gasteiger partial charge on any atom is -0.399 e.